The van der Waals surface area contributed by atoms with E-state index in [4.69, 9.17) is 0 Å². The summed E-state index contributed by atoms with van der Waals surface area (Å²) in [6.45, 7) is 8.88. The SMILES string of the molecule is CI(C)c1ccc(CN2CCNC(C)(C)C2)cn1. The van der Waals surface area contributed by atoms with Gasteiger partial charge in [0, 0.05) is 0 Å². The molecule has 1 aliphatic rings. The van der Waals surface area contributed by atoms with Crippen molar-refractivity contribution in [1.82, 2.24) is 15.2 Å². The van der Waals surface area contributed by atoms with Gasteiger partial charge in [0.25, 0.3) is 0 Å². The Balaban J connectivity index is 1.97. The molecule has 0 aliphatic carbocycles. The second-order valence-corrected chi connectivity index (χ2v) is 11.2. The number of halogens is 1. The standard InChI is InChI=1S/C14H24IN3/c1-14(2)11-18(8-7-17-14)10-12-5-6-13(15(3)4)16-9-12/h5-6,9,17H,7-8,10-11H2,1-4H3. The van der Waals surface area contributed by atoms with E-state index in [1.807, 2.05) is 0 Å². The molecule has 2 heterocycles. The van der Waals surface area contributed by atoms with Crippen LogP contribution in [0, 0.1) is 3.70 Å². The average molecular weight is 361 g/mol. The maximum absolute atomic E-state index is 4.61. The van der Waals surface area contributed by atoms with E-state index in [9.17, 15) is 0 Å². The van der Waals surface area contributed by atoms with Crippen LogP contribution in [0.15, 0.2) is 18.3 Å². The molecule has 0 bridgehead atoms. The molecule has 4 heteroatoms. The molecule has 0 saturated carbocycles. The summed E-state index contributed by atoms with van der Waals surface area (Å²) < 4.78 is 1.34. The Morgan fingerprint density at radius 1 is 1.39 bits per heavy atom. The number of hydrogen-bond donors (Lipinski definition) is 1. The molecule has 18 heavy (non-hydrogen) atoms. The molecule has 102 valence electrons. The number of hydrogen-bond acceptors (Lipinski definition) is 3. The molecule has 1 aliphatic heterocycles. The van der Waals surface area contributed by atoms with Crippen molar-refractivity contribution in [3.05, 3.63) is 27.6 Å². The van der Waals surface area contributed by atoms with Crippen molar-refractivity contribution in [3.63, 3.8) is 0 Å². The van der Waals surface area contributed by atoms with Gasteiger partial charge >= 0.3 is 118 Å². The number of alkyl halides is 2. The van der Waals surface area contributed by atoms with Gasteiger partial charge in [-0.05, 0) is 0 Å². The van der Waals surface area contributed by atoms with Crippen LogP contribution in [0.25, 0.3) is 0 Å². The van der Waals surface area contributed by atoms with E-state index in [2.05, 4.69) is 57.2 Å². The quantitative estimate of drug-likeness (QED) is 0.508. The van der Waals surface area contributed by atoms with Crippen molar-refractivity contribution in [2.24, 2.45) is 0 Å². The maximum atomic E-state index is 4.61. The number of piperazine rings is 1. The molecule has 1 fully saturated rings. The predicted octanol–water partition coefficient (Wildman–Crippen LogP) is 2.20. The zero-order chi connectivity index (χ0) is 13.2. The molecule has 0 spiro atoms. The van der Waals surface area contributed by atoms with E-state index >= 15 is 0 Å². The van der Waals surface area contributed by atoms with Gasteiger partial charge in [0.2, 0.25) is 0 Å². The van der Waals surface area contributed by atoms with E-state index < -0.39 is 19.8 Å². The molecule has 1 saturated heterocycles. The molecular weight excluding hydrogens is 337 g/mol. The Kier molecular flexibility index (Phi) is 4.61. The molecule has 1 aromatic rings. The van der Waals surface area contributed by atoms with Crippen LogP contribution >= 0.6 is 19.8 Å². The Morgan fingerprint density at radius 2 is 2.17 bits per heavy atom. The second-order valence-electron chi connectivity index (χ2n) is 5.77. The summed E-state index contributed by atoms with van der Waals surface area (Å²) in [4.78, 5) is 11.8. The number of rotatable bonds is 3. The molecule has 1 aromatic heterocycles. The van der Waals surface area contributed by atoms with Crippen LogP contribution in [0.5, 0.6) is 0 Å². The normalized spacial score (nSPS) is 20.8. The van der Waals surface area contributed by atoms with Gasteiger partial charge in [-0.3, -0.25) is 0 Å². The Bertz CT molecular complexity index is 387. The Morgan fingerprint density at radius 3 is 2.72 bits per heavy atom. The first-order valence-corrected chi connectivity index (χ1v) is 11.8. The molecule has 0 unspecified atom stereocenters. The van der Waals surface area contributed by atoms with Gasteiger partial charge in [-0.25, -0.2) is 0 Å². The van der Waals surface area contributed by atoms with E-state index in [1.165, 1.54) is 9.26 Å². The van der Waals surface area contributed by atoms with Crippen molar-refractivity contribution in [2.75, 3.05) is 29.5 Å². The molecule has 2 rings (SSSR count). The van der Waals surface area contributed by atoms with Gasteiger partial charge in [-0.15, -0.1) is 0 Å². The topological polar surface area (TPSA) is 28.2 Å². The van der Waals surface area contributed by atoms with Crippen LogP contribution in [-0.2, 0) is 6.54 Å². The zero-order valence-corrected chi connectivity index (χ0v) is 14.0. The van der Waals surface area contributed by atoms with Gasteiger partial charge in [0.05, 0.1) is 0 Å². The third kappa shape index (κ3) is 3.90. The second kappa shape index (κ2) is 5.84. The summed E-state index contributed by atoms with van der Waals surface area (Å²) in [6, 6.07) is 4.49. The van der Waals surface area contributed by atoms with Crippen LogP contribution in [0.2, 0.25) is 0 Å². The Labute approximate surface area is 118 Å². The molecule has 3 nitrogen and oxygen atoms in total. The average Bonchev–Trinajstić information content (AvgIpc) is 2.28. The number of nitrogens with one attached hydrogen (secondary N) is 1. The summed E-state index contributed by atoms with van der Waals surface area (Å²) in [5.74, 6) is 0. The summed E-state index contributed by atoms with van der Waals surface area (Å²) in [7, 11) is 0. The molecule has 0 aromatic carbocycles. The molecular formula is C14H24IN3. The summed E-state index contributed by atoms with van der Waals surface area (Å²) in [5, 5.41) is 3.55. The van der Waals surface area contributed by atoms with Crippen molar-refractivity contribution in [3.8, 4) is 0 Å². The third-order valence-corrected chi connectivity index (χ3v) is 6.08. The van der Waals surface area contributed by atoms with Gasteiger partial charge in [-0.2, -0.15) is 0 Å². The minimum absolute atomic E-state index is 0.233. The van der Waals surface area contributed by atoms with Crippen LogP contribution in [0.1, 0.15) is 19.4 Å². The predicted molar refractivity (Wildman–Crippen MR) is 86.2 cm³/mol. The number of aromatic nitrogens is 1. The molecule has 0 atom stereocenters. The van der Waals surface area contributed by atoms with Crippen LogP contribution in [0.4, 0.5) is 0 Å². The van der Waals surface area contributed by atoms with Crippen molar-refractivity contribution < 1.29 is 0 Å². The first kappa shape index (κ1) is 14.2. The van der Waals surface area contributed by atoms with Crippen molar-refractivity contribution in [1.29, 1.82) is 0 Å². The molecule has 1 N–H and O–H groups in total. The molecule has 0 amide bonds. The van der Waals surface area contributed by atoms with E-state index in [0.29, 0.717) is 0 Å². The van der Waals surface area contributed by atoms with Crippen LogP contribution in [0.3, 0.4) is 0 Å². The van der Waals surface area contributed by atoms with Gasteiger partial charge < -0.3 is 0 Å². The monoisotopic (exact) mass is 361 g/mol. The van der Waals surface area contributed by atoms with E-state index in [1.54, 1.807) is 0 Å². The van der Waals surface area contributed by atoms with Crippen LogP contribution in [-0.4, -0.2) is 44.9 Å². The fraction of sp³-hybridized carbons (Fsp3) is 0.643. The first-order valence-electron chi connectivity index (χ1n) is 6.39. The van der Waals surface area contributed by atoms with E-state index in [-0.39, 0.29) is 5.54 Å². The third-order valence-electron chi connectivity index (χ3n) is 3.23. The zero-order valence-electron chi connectivity index (χ0n) is 11.8. The number of pyridine rings is 1. The summed E-state index contributed by atoms with van der Waals surface area (Å²) in [6.07, 6.45) is 2.07. The van der Waals surface area contributed by atoms with Gasteiger partial charge in [0.1, 0.15) is 0 Å². The number of nitrogens with zero attached hydrogens (tertiary/aromatic N) is 2. The first-order chi connectivity index (χ1) is 8.46. The fourth-order valence-corrected chi connectivity index (χ4v) is 3.96. The van der Waals surface area contributed by atoms with Crippen molar-refractivity contribution >= 4 is 19.8 Å². The minimum atomic E-state index is -0.912. The summed E-state index contributed by atoms with van der Waals surface area (Å²) >= 11 is -0.912. The van der Waals surface area contributed by atoms with Crippen LogP contribution < -0.4 is 5.32 Å². The molecule has 0 radical (unpaired) electrons. The van der Waals surface area contributed by atoms with Gasteiger partial charge in [0.15, 0.2) is 0 Å². The Hall–Kier alpha value is -0.200. The summed E-state index contributed by atoms with van der Waals surface area (Å²) in [5.41, 5.74) is 1.58. The van der Waals surface area contributed by atoms with Gasteiger partial charge in [-0.1, -0.05) is 0 Å². The van der Waals surface area contributed by atoms with Crippen molar-refractivity contribution in [2.45, 2.75) is 25.9 Å². The fourth-order valence-electron chi connectivity index (χ4n) is 2.36. The van der Waals surface area contributed by atoms with E-state index in [0.717, 1.165) is 26.2 Å².